The molecule has 0 radical (unpaired) electrons. The number of benzene rings is 2. The van der Waals surface area contributed by atoms with Crippen molar-refractivity contribution >= 4 is 34.0 Å². The molecule has 0 fully saturated rings. The van der Waals surface area contributed by atoms with Gasteiger partial charge in [0.1, 0.15) is 0 Å². The predicted molar refractivity (Wildman–Crippen MR) is 123 cm³/mol. The summed E-state index contributed by atoms with van der Waals surface area (Å²) in [6.45, 7) is 1.46. The van der Waals surface area contributed by atoms with Crippen molar-refractivity contribution in [3.63, 3.8) is 0 Å². The first-order valence-electron chi connectivity index (χ1n) is 9.70. The average molecular weight is 432 g/mol. The summed E-state index contributed by atoms with van der Waals surface area (Å²) < 4.78 is 1.93. The van der Waals surface area contributed by atoms with E-state index in [2.05, 4.69) is 15.6 Å². The highest BCUT2D eigenvalue weighted by Gasteiger charge is 2.19. The molecule has 2 aromatic carbocycles. The van der Waals surface area contributed by atoms with Crippen LogP contribution in [0.2, 0.25) is 0 Å². The van der Waals surface area contributed by atoms with Gasteiger partial charge in [0, 0.05) is 37.6 Å². The van der Waals surface area contributed by atoms with Crippen molar-refractivity contribution in [1.29, 1.82) is 0 Å². The minimum atomic E-state index is -0.160. The molecular formula is C23H21N5O2S. The number of nitrogens with one attached hydrogen (secondary N) is 2. The van der Waals surface area contributed by atoms with E-state index < -0.39 is 0 Å². The molecule has 0 saturated carbocycles. The number of anilines is 2. The summed E-state index contributed by atoms with van der Waals surface area (Å²) in [7, 11) is 1.93. The Morgan fingerprint density at radius 2 is 1.77 bits per heavy atom. The van der Waals surface area contributed by atoms with Gasteiger partial charge in [-0.05, 0) is 17.7 Å². The minimum Gasteiger partial charge on any atom is -0.333 e. The minimum absolute atomic E-state index is 0.132. The fourth-order valence-electron chi connectivity index (χ4n) is 3.16. The van der Waals surface area contributed by atoms with Crippen LogP contribution in [0, 0.1) is 0 Å². The number of aromatic nitrogens is 3. The molecule has 0 aliphatic carbocycles. The smallest absolute Gasteiger partial charge is 0.230 e. The maximum absolute atomic E-state index is 12.6. The summed E-state index contributed by atoms with van der Waals surface area (Å²) in [5, 5.41) is 6.15. The van der Waals surface area contributed by atoms with Crippen LogP contribution in [0.25, 0.3) is 22.0 Å². The van der Waals surface area contributed by atoms with Gasteiger partial charge in [0.05, 0.1) is 17.0 Å². The molecule has 0 aliphatic heterocycles. The number of thiazole rings is 1. The van der Waals surface area contributed by atoms with Crippen LogP contribution in [-0.4, -0.2) is 26.3 Å². The Morgan fingerprint density at radius 1 is 1.03 bits per heavy atom. The predicted octanol–water partition coefficient (Wildman–Crippen LogP) is 4.35. The Labute approximate surface area is 183 Å². The number of carbonyl (C=O) groups excluding carboxylic acids is 2. The van der Waals surface area contributed by atoms with Crippen LogP contribution in [0.15, 0.2) is 67.0 Å². The number of hydrogen-bond donors (Lipinski definition) is 2. The van der Waals surface area contributed by atoms with Crippen molar-refractivity contribution in [2.45, 2.75) is 13.3 Å². The molecule has 0 bridgehead atoms. The molecule has 0 atom stereocenters. The Balaban J connectivity index is 1.54. The lowest BCUT2D eigenvalue weighted by molar-refractivity contribution is -0.116. The van der Waals surface area contributed by atoms with Crippen LogP contribution < -0.4 is 10.6 Å². The average Bonchev–Trinajstić information content (AvgIpc) is 3.35. The molecule has 0 saturated heterocycles. The van der Waals surface area contributed by atoms with Gasteiger partial charge in [-0.15, -0.1) is 0 Å². The highest BCUT2D eigenvalue weighted by atomic mass is 32.1. The molecule has 7 nitrogen and oxygen atoms in total. The monoisotopic (exact) mass is 431 g/mol. The van der Waals surface area contributed by atoms with Gasteiger partial charge < -0.3 is 15.2 Å². The quantitative estimate of drug-likeness (QED) is 0.475. The number of amides is 2. The molecule has 2 heterocycles. The number of nitrogens with zero attached hydrogens (tertiary/aromatic N) is 3. The lowest BCUT2D eigenvalue weighted by Gasteiger charge is -2.05. The van der Waals surface area contributed by atoms with E-state index in [1.165, 1.54) is 18.3 Å². The van der Waals surface area contributed by atoms with Crippen molar-refractivity contribution < 1.29 is 9.59 Å². The molecule has 8 heteroatoms. The zero-order valence-corrected chi connectivity index (χ0v) is 17.9. The topological polar surface area (TPSA) is 88.9 Å². The SMILES string of the molecule is CC(=O)Nc1ccc(CC(=O)Nc2nc(-c3ccccc3)c(-c3nccn3C)s2)cc1. The molecule has 4 aromatic rings. The molecule has 0 aliphatic rings. The first-order valence-corrected chi connectivity index (χ1v) is 10.5. The van der Waals surface area contributed by atoms with Gasteiger partial charge in [0.2, 0.25) is 11.8 Å². The lowest BCUT2D eigenvalue weighted by Crippen LogP contribution is -2.14. The van der Waals surface area contributed by atoms with Gasteiger partial charge in [0.15, 0.2) is 11.0 Å². The van der Waals surface area contributed by atoms with Crippen LogP contribution in [0.5, 0.6) is 0 Å². The van der Waals surface area contributed by atoms with Gasteiger partial charge in [0.25, 0.3) is 0 Å². The first-order chi connectivity index (χ1) is 15.0. The number of hydrogen-bond acceptors (Lipinski definition) is 5. The lowest BCUT2D eigenvalue weighted by atomic mass is 10.1. The van der Waals surface area contributed by atoms with E-state index in [9.17, 15) is 9.59 Å². The van der Waals surface area contributed by atoms with Gasteiger partial charge in [-0.1, -0.05) is 53.8 Å². The highest BCUT2D eigenvalue weighted by Crippen LogP contribution is 2.38. The summed E-state index contributed by atoms with van der Waals surface area (Å²) in [5.41, 5.74) is 3.29. The van der Waals surface area contributed by atoms with E-state index in [1.54, 1.807) is 18.3 Å². The second-order valence-electron chi connectivity index (χ2n) is 7.03. The molecule has 2 amide bonds. The zero-order valence-electron chi connectivity index (χ0n) is 17.1. The van der Waals surface area contributed by atoms with E-state index in [4.69, 9.17) is 4.98 Å². The van der Waals surface area contributed by atoms with Gasteiger partial charge in [-0.3, -0.25) is 9.59 Å². The summed E-state index contributed by atoms with van der Waals surface area (Å²) in [6, 6.07) is 17.0. The molecule has 156 valence electrons. The van der Waals surface area contributed by atoms with E-state index in [0.717, 1.165) is 27.5 Å². The van der Waals surface area contributed by atoms with E-state index in [0.29, 0.717) is 10.8 Å². The third kappa shape index (κ3) is 4.87. The van der Waals surface area contributed by atoms with Gasteiger partial charge in [-0.2, -0.15) is 0 Å². The number of imidazole rings is 1. The molecule has 4 rings (SSSR count). The fourth-order valence-corrected chi connectivity index (χ4v) is 4.20. The van der Waals surface area contributed by atoms with Crippen molar-refractivity contribution in [1.82, 2.24) is 14.5 Å². The molecule has 31 heavy (non-hydrogen) atoms. The van der Waals surface area contributed by atoms with Gasteiger partial charge in [-0.25, -0.2) is 9.97 Å². The summed E-state index contributed by atoms with van der Waals surface area (Å²) in [6.07, 6.45) is 3.83. The maximum Gasteiger partial charge on any atom is 0.230 e. The maximum atomic E-state index is 12.6. The number of rotatable bonds is 6. The second kappa shape index (κ2) is 8.93. The van der Waals surface area contributed by atoms with Crippen molar-refractivity contribution in [2.24, 2.45) is 7.05 Å². The zero-order chi connectivity index (χ0) is 21.8. The van der Waals surface area contributed by atoms with E-state index >= 15 is 0 Å². The third-order valence-corrected chi connectivity index (χ3v) is 5.55. The Bertz CT molecular complexity index is 1210. The largest absolute Gasteiger partial charge is 0.333 e. The van der Waals surface area contributed by atoms with Crippen molar-refractivity contribution in [2.75, 3.05) is 10.6 Å². The van der Waals surface area contributed by atoms with Crippen LogP contribution in [0.1, 0.15) is 12.5 Å². The normalized spacial score (nSPS) is 10.6. The van der Waals surface area contributed by atoms with Crippen LogP contribution in [0.4, 0.5) is 10.8 Å². The highest BCUT2D eigenvalue weighted by molar-refractivity contribution is 7.19. The number of carbonyl (C=O) groups is 2. The van der Waals surface area contributed by atoms with Gasteiger partial charge >= 0.3 is 0 Å². The van der Waals surface area contributed by atoms with E-state index in [-0.39, 0.29) is 18.2 Å². The Kier molecular flexibility index (Phi) is 5.90. The summed E-state index contributed by atoms with van der Waals surface area (Å²) in [5.74, 6) is 0.504. The number of aryl methyl sites for hydroxylation is 1. The molecule has 0 unspecified atom stereocenters. The summed E-state index contributed by atoms with van der Waals surface area (Å²) >= 11 is 1.40. The molecular weight excluding hydrogens is 410 g/mol. The van der Waals surface area contributed by atoms with Crippen molar-refractivity contribution in [3.05, 3.63) is 72.6 Å². The third-order valence-electron chi connectivity index (χ3n) is 4.58. The van der Waals surface area contributed by atoms with Crippen LogP contribution in [0.3, 0.4) is 0 Å². The molecule has 2 N–H and O–H groups in total. The van der Waals surface area contributed by atoms with Crippen LogP contribution >= 0.6 is 11.3 Å². The Hall–Kier alpha value is -3.78. The molecule has 0 spiro atoms. The van der Waals surface area contributed by atoms with Crippen molar-refractivity contribution in [3.8, 4) is 22.0 Å². The molecule has 2 aromatic heterocycles. The summed E-state index contributed by atoms with van der Waals surface area (Å²) in [4.78, 5) is 33.8. The first kappa shape index (κ1) is 20.5. The standard InChI is InChI=1S/C23H21N5O2S/c1-15(29)25-18-10-8-16(9-11-18)14-19(30)26-23-27-20(17-6-4-3-5-7-17)21(31-23)22-24-12-13-28(22)2/h3-13H,14H2,1-2H3,(H,25,29)(H,26,27,30). The Morgan fingerprint density at radius 3 is 2.42 bits per heavy atom. The second-order valence-corrected chi connectivity index (χ2v) is 8.03. The fraction of sp³-hybridized carbons (Fsp3) is 0.130. The van der Waals surface area contributed by atoms with Crippen LogP contribution in [-0.2, 0) is 23.1 Å². The van der Waals surface area contributed by atoms with E-state index in [1.807, 2.05) is 60.3 Å².